The fraction of sp³-hybridized carbons (Fsp3) is 0.414. The Kier molecular flexibility index (Phi) is 19.7. The maximum absolute atomic E-state index is 16.3. The first kappa shape index (κ1) is 63.1. The highest BCUT2D eigenvalue weighted by atomic mass is 32.1. The van der Waals surface area contributed by atoms with Gasteiger partial charge in [-0.05, 0) is 104 Å². The molecule has 78 heavy (non-hydrogen) atoms. The van der Waals surface area contributed by atoms with Crippen molar-refractivity contribution in [3.63, 3.8) is 0 Å². The predicted octanol–water partition coefficient (Wildman–Crippen LogP) is 12.2. The van der Waals surface area contributed by atoms with Gasteiger partial charge in [-0.2, -0.15) is 71.5 Å². The van der Waals surface area contributed by atoms with Crippen LogP contribution in [0.4, 0.5) is 27.2 Å². The van der Waals surface area contributed by atoms with E-state index in [2.05, 4.69) is 10.6 Å². The summed E-state index contributed by atoms with van der Waals surface area (Å²) in [5.74, 6) is -9.45. The van der Waals surface area contributed by atoms with Gasteiger partial charge in [0, 0.05) is 60.9 Å². The van der Waals surface area contributed by atoms with Crippen molar-refractivity contribution in [2.45, 2.75) is 116 Å². The van der Waals surface area contributed by atoms with E-state index < -0.39 is 58.1 Å². The standard InChI is InChI=1S/C58H62F4N6O6.4H2S/c1-55(2,3)49(65-53(71)73-7)51(69)67-25-9-11-47(67)45-29-39(31-63-45)35-17-13-33(14-18-35)37-21-23-41-42-24-22-38(28-44(42)58(61,62)57(59,60)43(41)27-37)34-15-19-36(20-16-34)40-30-46(64-32-40)48-12-10-26-68(48)52(70)50(56(4,5)6)66-54(72)74-8;;;;/h13-24,27-28,31-32,47-50H,9-12,25-26,29-30H2,1-8H3,(H,65,71)(H,66,72);4*1H2/t47?,48?,49-,50-;;;;/m1..../s1. The van der Waals surface area contributed by atoms with Crippen molar-refractivity contribution < 1.29 is 46.2 Å². The Morgan fingerprint density at radius 1 is 0.538 bits per heavy atom. The average molecular weight is 1150 g/mol. The van der Waals surface area contributed by atoms with Gasteiger partial charge in [0.05, 0.1) is 26.3 Å². The van der Waals surface area contributed by atoms with Crippen LogP contribution in [0, 0.1) is 10.8 Å². The van der Waals surface area contributed by atoms with Crippen molar-refractivity contribution in [3.8, 4) is 33.4 Å². The van der Waals surface area contributed by atoms with E-state index >= 15 is 17.6 Å². The molecule has 1 aliphatic carbocycles. The van der Waals surface area contributed by atoms with Crippen LogP contribution in [-0.4, -0.2) is 96.7 Å². The maximum atomic E-state index is 16.3. The minimum atomic E-state index is -4.52. The zero-order chi connectivity index (χ0) is 53.1. The van der Waals surface area contributed by atoms with Gasteiger partial charge in [0.2, 0.25) is 11.8 Å². The number of alkyl carbamates (subject to hydrolysis) is 2. The molecule has 4 aromatic rings. The highest BCUT2D eigenvalue weighted by molar-refractivity contribution is 7.59. The van der Waals surface area contributed by atoms with Gasteiger partial charge in [0.15, 0.2) is 0 Å². The van der Waals surface area contributed by atoms with Crippen LogP contribution in [0.3, 0.4) is 0 Å². The lowest BCUT2D eigenvalue weighted by Crippen LogP contribution is -2.56. The summed E-state index contributed by atoms with van der Waals surface area (Å²) < 4.78 is 74.7. The maximum Gasteiger partial charge on any atom is 0.407 e. The van der Waals surface area contributed by atoms with Crippen LogP contribution >= 0.6 is 54.0 Å². The molecular weight excluding hydrogens is 1080 g/mol. The summed E-state index contributed by atoms with van der Waals surface area (Å²) in [6.45, 7) is 12.3. The van der Waals surface area contributed by atoms with Crippen LogP contribution in [0.5, 0.6) is 0 Å². The number of ether oxygens (including phenoxy) is 2. The molecule has 4 aromatic carbocycles. The van der Waals surface area contributed by atoms with Gasteiger partial charge in [-0.25, -0.2) is 9.59 Å². The minimum Gasteiger partial charge on any atom is -0.453 e. The highest BCUT2D eigenvalue weighted by Gasteiger charge is 2.63. The molecule has 2 fully saturated rings. The third-order valence-electron chi connectivity index (χ3n) is 15.1. The fourth-order valence-corrected chi connectivity index (χ4v) is 10.9. The first-order valence-electron chi connectivity index (χ1n) is 25.1. The number of hydrogen-bond donors (Lipinski definition) is 2. The number of halogens is 4. The molecule has 2 unspecified atom stereocenters. The summed E-state index contributed by atoms with van der Waals surface area (Å²) in [6, 6.07) is 21.1. The largest absolute Gasteiger partial charge is 0.453 e. The van der Waals surface area contributed by atoms with Crippen LogP contribution < -0.4 is 10.6 Å². The van der Waals surface area contributed by atoms with Gasteiger partial charge in [0.1, 0.15) is 12.1 Å². The number of benzene rings is 4. The average Bonchev–Trinajstić information content (AvgIpc) is 4.23. The lowest BCUT2D eigenvalue weighted by Gasteiger charge is -2.35. The lowest BCUT2D eigenvalue weighted by molar-refractivity contribution is -0.225. The van der Waals surface area contributed by atoms with Crippen LogP contribution in [-0.2, 0) is 30.9 Å². The second kappa shape index (κ2) is 24.3. The minimum absolute atomic E-state index is 0. The van der Waals surface area contributed by atoms with Crippen molar-refractivity contribution in [2.75, 3.05) is 27.3 Å². The first-order valence-corrected chi connectivity index (χ1v) is 25.1. The predicted molar refractivity (Wildman–Crippen MR) is 319 cm³/mol. The van der Waals surface area contributed by atoms with E-state index in [0.717, 1.165) is 71.5 Å². The number of amides is 4. The van der Waals surface area contributed by atoms with E-state index in [0.29, 0.717) is 48.2 Å². The Balaban J connectivity index is 0.00000280. The van der Waals surface area contributed by atoms with Gasteiger partial charge in [0.25, 0.3) is 0 Å². The number of nitrogens with zero attached hydrogens (tertiary/aromatic N) is 4. The molecule has 0 saturated carbocycles. The van der Waals surface area contributed by atoms with Gasteiger partial charge in [-0.3, -0.25) is 19.6 Å². The molecule has 2 saturated heterocycles. The van der Waals surface area contributed by atoms with Crippen molar-refractivity contribution in [1.29, 1.82) is 0 Å². The van der Waals surface area contributed by atoms with Crippen molar-refractivity contribution in [3.05, 3.63) is 120 Å². The summed E-state index contributed by atoms with van der Waals surface area (Å²) in [4.78, 5) is 65.0. The number of rotatable bonds is 10. The molecule has 420 valence electrons. The molecule has 4 atom stereocenters. The normalized spacial score (nSPS) is 19.5. The van der Waals surface area contributed by atoms with Gasteiger partial charge < -0.3 is 29.9 Å². The SMILES string of the molecule is COC(=O)N[C@H](C(=O)N1CCCC1C1=NC=C(c2ccc(-c3ccc4c(c3)C(F)(F)C(F)(F)c3cc(-c5ccc(C6=CN=C(C7CCCN7C(=O)[C@@H](NC(=O)OC)C(C)(C)C)C6)cc5)ccc3-4)cc2)C1)C(C)(C)C.S.S.S.S. The first-order chi connectivity index (χ1) is 35.0. The number of hydrogen-bond acceptors (Lipinski definition) is 8. The molecule has 0 spiro atoms. The van der Waals surface area contributed by atoms with Crippen molar-refractivity contribution in [2.24, 2.45) is 20.8 Å². The van der Waals surface area contributed by atoms with Gasteiger partial charge in [-0.15, -0.1) is 0 Å². The molecule has 4 heterocycles. The number of carbonyl (C=O) groups excluding carboxylic acids is 4. The third-order valence-corrected chi connectivity index (χ3v) is 15.1. The number of fused-ring (bicyclic) bond motifs is 3. The molecule has 5 aliphatic rings. The summed E-state index contributed by atoms with van der Waals surface area (Å²) in [6.07, 6.45) is 6.19. The van der Waals surface area contributed by atoms with Crippen LogP contribution in [0.2, 0.25) is 0 Å². The highest BCUT2D eigenvalue weighted by Crippen LogP contribution is 2.59. The number of aliphatic imine (C=N–C) groups is 2. The Bertz CT molecular complexity index is 2840. The molecule has 0 aromatic heterocycles. The Morgan fingerprint density at radius 2 is 0.859 bits per heavy atom. The summed E-state index contributed by atoms with van der Waals surface area (Å²) in [5, 5.41) is 5.42. The Morgan fingerprint density at radius 3 is 1.18 bits per heavy atom. The molecule has 20 heteroatoms. The van der Waals surface area contributed by atoms with E-state index in [-0.39, 0.29) is 89.0 Å². The number of methoxy groups -OCH3 is 2. The second-order valence-corrected chi connectivity index (χ2v) is 22.0. The number of allylic oxidation sites excluding steroid dienone is 2. The second-order valence-electron chi connectivity index (χ2n) is 22.0. The van der Waals surface area contributed by atoms with Crippen molar-refractivity contribution >= 4 is 101 Å². The number of carbonyl (C=O) groups is 4. The molecule has 4 amide bonds. The third kappa shape index (κ3) is 12.1. The number of nitrogens with one attached hydrogen (secondary N) is 2. The molecule has 12 nitrogen and oxygen atoms in total. The molecular formula is C58H70F4N6O6S4. The Labute approximate surface area is 481 Å². The lowest BCUT2D eigenvalue weighted by atomic mass is 9.78. The van der Waals surface area contributed by atoms with E-state index in [9.17, 15) is 19.2 Å². The summed E-state index contributed by atoms with van der Waals surface area (Å²) >= 11 is 0. The Hall–Kier alpha value is -5.70. The number of alkyl halides is 4. The fourth-order valence-electron chi connectivity index (χ4n) is 10.9. The quantitative estimate of drug-likeness (QED) is 0.151. The zero-order valence-corrected chi connectivity index (χ0v) is 49.0. The number of likely N-dealkylation sites (tertiary alicyclic amines) is 2. The molecule has 0 bridgehead atoms. The van der Waals surface area contributed by atoms with Crippen LogP contribution in [0.25, 0.3) is 44.5 Å². The molecule has 2 N–H and O–H groups in total. The monoisotopic (exact) mass is 1150 g/mol. The van der Waals surface area contributed by atoms with Gasteiger partial charge in [-0.1, -0.05) is 114 Å². The van der Waals surface area contributed by atoms with Crippen LogP contribution in [0.1, 0.15) is 102 Å². The smallest absolute Gasteiger partial charge is 0.407 e. The zero-order valence-electron chi connectivity index (χ0n) is 45.0. The topological polar surface area (TPSA) is 142 Å². The van der Waals surface area contributed by atoms with E-state index in [1.54, 1.807) is 58.6 Å². The van der Waals surface area contributed by atoms with E-state index in [1.165, 1.54) is 26.4 Å². The molecule has 0 radical (unpaired) electrons. The van der Waals surface area contributed by atoms with Crippen LogP contribution in [0.15, 0.2) is 107 Å². The van der Waals surface area contributed by atoms with Gasteiger partial charge >= 0.3 is 24.0 Å². The summed E-state index contributed by atoms with van der Waals surface area (Å²) in [7, 11) is 2.51. The molecule has 4 aliphatic heterocycles. The van der Waals surface area contributed by atoms with E-state index in [4.69, 9.17) is 19.5 Å². The summed E-state index contributed by atoms with van der Waals surface area (Å²) in [5.41, 5.74) is 4.48. The van der Waals surface area contributed by atoms with Crippen molar-refractivity contribution in [1.82, 2.24) is 20.4 Å². The molecule has 9 rings (SSSR count). The van der Waals surface area contributed by atoms with E-state index in [1.807, 2.05) is 65.8 Å².